The summed E-state index contributed by atoms with van der Waals surface area (Å²) in [4.78, 5) is 9.90. The zero-order chi connectivity index (χ0) is 65.6. The predicted octanol–water partition coefficient (Wildman–Crippen LogP) is 26.5. The van der Waals surface area contributed by atoms with E-state index in [0.29, 0.717) is 0 Å². The lowest BCUT2D eigenvalue weighted by atomic mass is 9.72. The fourth-order valence-corrected chi connectivity index (χ4v) is 15.8. The monoisotopic (exact) mass is 1250 g/mol. The van der Waals surface area contributed by atoms with Crippen molar-refractivity contribution in [2.75, 3.05) is 19.6 Å². The molecule has 0 N–H and O–H groups in total. The van der Waals surface area contributed by atoms with Crippen LogP contribution in [0, 0.1) is 0 Å². The van der Waals surface area contributed by atoms with E-state index in [-0.39, 0.29) is 10.8 Å². The Kier molecular flexibility index (Phi) is 13.9. The second-order valence-electron chi connectivity index (χ2n) is 27.3. The molecular weight excluding hydrogens is 1190 g/mol. The van der Waals surface area contributed by atoms with Crippen LogP contribution in [0.4, 0.5) is 68.2 Å². The topological polar surface area (TPSA) is 13.0 Å². The van der Waals surface area contributed by atoms with E-state index in [1.807, 2.05) is 0 Å². The van der Waals surface area contributed by atoms with Crippen LogP contribution in [0.25, 0.3) is 76.5 Å². The summed E-state index contributed by atoms with van der Waals surface area (Å²) in [6, 6.07) is 130. The Labute approximate surface area is 573 Å². The summed E-state index contributed by atoms with van der Waals surface area (Å²) in [6.07, 6.45) is 0. The lowest BCUT2D eigenvalue weighted by molar-refractivity contribution is 0.632. The Morgan fingerprint density at radius 1 is 0.194 bits per heavy atom. The van der Waals surface area contributed by atoms with Gasteiger partial charge in [0, 0.05) is 55.7 Å². The minimum absolute atomic E-state index is 0.378. The Morgan fingerprint density at radius 2 is 0.480 bits per heavy atom. The van der Waals surface area contributed by atoms with Gasteiger partial charge in [-0.1, -0.05) is 258 Å². The average molecular weight is 1260 g/mol. The minimum Gasteiger partial charge on any atom is -0.310 e. The minimum atomic E-state index is -0.378. The zero-order valence-electron chi connectivity index (χ0n) is 55.3. The first-order chi connectivity index (χ1) is 48.1. The van der Waals surface area contributed by atoms with Gasteiger partial charge in [-0.05, 0) is 209 Å². The molecule has 4 nitrogen and oxygen atoms in total. The maximum Gasteiger partial charge on any atom is 0.0540 e. The highest BCUT2D eigenvalue weighted by Gasteiger charge is 2.40. The summed E-state index contributed by atoms with van der Waals surface area (Å²) in [5.74, 6) is 0. The lowest BCUT2D eigenvalue weighted by Gasteiger charge is -2.43. The summed E-state index contributed by atoms with van der Waals surface area (Å²) in [7, 11) is 0. The Hall–Kier alpha value is -12.2. The second-order valence-corrected chi connectivity index (χ2v) is 27.3. The van der Waals surface area contributed by atoms with Crippen LogP contribution in [0.15, 0.2) is 352 Å². The Balaban J connectivity index is 0.740. The van der Waals surface area contributed by atoms with E-state index in [1.54, 1.807) is 0 Å². The van der Waals surface area contributed by atoms with Gasteiger partial charge >= 0.3 is 0 Å². The van der Waals surface area contributed by atoms with Gasteiger partial charge in [-0.3, -0.25) is 0 Å². The molecule has 0 aromatic heterocycles. The van der Waals surface area contributed by atoms with Crippen molar-refractivity contribution in [3.05, 3.63) is 374 Å². The van der Waals surface area contributed by atoms with Crippen molar-refractivity contribution in [2.24, 2.45) is 0 Å². The number of hydrogen-bond acceptors (Lipinski definition) is 4. The molecule has 98 heavy (non-hydrogen) atoms. The van der Waals surface area contributed by atoms with Gasteiger partial charge in [-0.2, -0.15) is 0 Å². The molecule has 2 aliphatic rings. The molecule has 0 unspecified atom stereocenters. The fraction of sp³-hybridized carbons (Fsp3) is 0.0638. The smallest absolute Gasteiger partial charge is 0.0540 e. The molecule has 4 heteroatoms. The Bertz CT molecular complexity index is 5400. The third-order valence-corrected chi connectivity index (χ3v) is 20.9. The van der Waals surface area contributed by atoms with Crippen molar-refractivity contribution in [1.29, 1.82) is 0 Å². The largest absolute Gasteiger partial charge is 0.310 e. The molecule has 0 fully saturated rings. The molecule has 0 atom stereocenters. The van der Waals surface area contributed by atoms with Crippen LogP contribution in [0.1, 0.15) is 49.9 Å². The molecule has 18 rings (SSSR count). The second kappa shape index (κ2) is 23.3. The summed E-state index contributed by atoms with van der Waals surface area (Å²) < 4.78 is 0. The quantitative estimate of drug-likeness (QED) is 0.128. The van der Waals surface area contributed by atoms with E-state index in [9.17, 15) is 0 Å². The summed E-state index contributed by atoms with van der Waals surface area (Å²) >= 11 is 0. The molecule has 2 aliphatic heterocycles. The van der Waals surface area contributed by atoms with Gasteiger partial charge in [-0.15, -0.1) is 0 Å². The van der Waals surface area contributed by atoms with Gasteiger partial charge in [0.1, 0.15) is 0 Å². The van der Waals surface area contributed by atoms with Gasteiger partial charge in [0.2, 0.25) is 0 Å². The first-order valence-electron chi connectivity index (χ1n) is 34.1. The molecule has 0 aliphatic carbocycles. The molecule has 0 saturated heterocycles. The van der Waals surface area contributed by atoms with Gasteiger partial charge in [0.05, 0.1) is 34.1 Å². The highest BCUT2D eigenvalue weighted by Crippen LogP contribution is 2.58. The first kappa shape index (κ1) is 58.3. The van der Waals surface area contributed by atoms with Crippen LogP contribution in [0.3, 0.4) is 0 Å². The molecule has 0 spiro atoms. The van der Waals surface area contributed by atoms with Gasteiger partial charge in [0.25, 0.3) is 0 Å². The molecule has 466 valence electrons. The van der Waals surface area contributed by atoms with Crippen LogP contribution in [-0.4, -0.2) is 0 Å². The number of anilines is 12. The van der Waals surface area contributed by atoms with Gasteiger partial charge in [-0.25, -0.2) is 0 Å². The van der Waals surface area contributed by atoms with E-state index in [4.69, 9.17) is 0 Å². The lowest BCUT2D eigenvalue weighted by Crippen LogP contribution is -2.31. The molecule has 0 amide bonds. The SMILES string of the molecule is CC1(C)c2cc(-c3ccccc3)ccc2N(c2cccc3ccccc23)c2ccc(N(c3ccc(-c4ccc(N(c5ccc6c(c5)C(C)(C)c5cc(-c7ccccc7)ccc5N6c5cccc6ccccc56)c5ccc6ccccc6c5)cc4)cc3)c3ccc4ccccc4c3)cc21. The van der Waals surface area contributed by atoms with Crippen LogP contribution < -0.4 is 19.6 Å². The highest BCUT2D eigenvalue weighted by molar-refractivity contribution is 6.04. The molecule has 0 bridgehead atoms. The van der Waals surface area contributed by atoms with Crippen molar-refractivity contribution in [2.45, 2.75) is 38.5 Å². The van der Waals surface area contributed by atoms with Crippen LogP contribution >= 0.6 is 0 Å². The van der Waals surface area contributed by atoms with Crippen molar-refractivity contribution in [3.63, 3.8) is 0 Å². The fourth-order valence-electron chi connectivity index (χ4n) is 15.8. The van der Waals surface area contributed by atoms with E-state index >= 15 is 0 Å². The van der Waals surface area contributed by atoms with Crippen LogP contribution in [0.2, 0.25) is 0 Å². The first-order valence-corrected chi connectivity index (χ1v) is 34.1. The normalized spacial score (nSPS) is 13.4. The number of nitrogens with zero attached hydrogens (tertiary/aromatic N) is 4. The number of hydrogen-bond donors (Lipinski definition) is 0. The molecule has 0 radical (unpaired) electrons. The predicted molar refractivity (Wildman–Crippen MR) is 416 cm³/mol. The van der Waals surface area contributed by atoms with Crippen LogP contribution in [-0.2, 0) is 10.8 Å². The molecule has 16 aromatic rings. The number of rotatable bonds is 11. The van der Waals surface area contributed by atoms with Crippen molar-refractivity contribution >= 4 is 111 Å². The molecule has 0 saturated carbocycles. The Morgan fingerprint density at radius 3 is 0.888 bits per heavy atom. The van der Waals surface area contributed by atoms with E-state index in [1.165, 1.54) is 110 Å². The van der Waals surface area contributed by atoms with Gasteiger partial charge < -0.3 is 19.6 Å². The summed E-state index contributed by atoms with van der Waals surface area (Å²) in [5.41, 5.74) is 25.0. The van der Waals surface area contributed by atoms with Crippen molar-refractivity contribution in [1.82, 2.24) is 0 Å². The van der Waals surface area contributed by atoms with Crippen molar-refractivity contribution < 1.29 is 0 Å². The van der Waals surface area contributed by atoms with E-state index in [2.05, 4.69) is 399 Å². The van der Waals surface area contributed by atoms with Crippen molar-refractivity contribution in [3.8, 4) is 33.4 Å². The van der Waals surface area contributed by atoms with Gasteiger partial charge in [0.15, 0.2) is 0 Å². The summed E-state index contributed by atoms with van der Waals surface area (Å²) in [5, 5.41) is 9.65. The standard InChI is InChI=1S/C94H70N4/c1-93(2)83-59-73(63-21-7-5-8-22-63)43-53-89(83)97(87-35-19-31-69-27-15-17-33-81(69)87)91-55-51-79(61-85(91)93)95(77-49-41-65-25-11-13-29-71(65)57-77)75-45-37-67(38-46-75)68-39-47-76(48-40-68)96(78-50-42-66-26-12-14-30-72(66)58-78)80-52-56-92-86(62-80)94(3,4)84-60-74(64-23-9-6-10-24-64)44-54-90(84)98(92)88-36-20-32-70-28-16-18-34-82(70)88/h5-62H,1-4H3. The third-order valence-electron chi connectivity index (χ3n) is 20.9. The zero-order valence-corrected chi connectivity index (χ0v) is 55.3. The van der Waals surface area contributed by atoms with E-state index in [0.717, 1.165) is 56.6 Å². The number of benzene rings is 16. The molecular formula is C94H70N4. The van der Waals surface area contributed by atoms with Crippen LogP contribution in [0.5, 0.6) is 0 Å². The summed E-state index contributed by atoms with van der Waals surface area (Å²) in [6.45, 7) is 9.61. The van der Waals surface area contributed by atoms with E-state index < -0.39 is 0 Å². The third kappa shape index (κ3) is 9.82. The average Bonchev–Trinajstić information content (AvgIpc) is 0.720. The maximum absolute atomic E-state index is 2.51. The highest BCUT2D eigenvalue weighted by atomic mass is 15.2. The molecule has 2 heterocycles. The number of fused-ring (bicyclic) bond motifs is 8. The molecule has 16 aromatic carbocycles. The maximum atomic E-state index is 2.51.